The van der Waals surface area contributed by atoms with Gasteiger partial charge in [0.05, 0.1) is 12.1 Å². The van der Waals surface area contributed by atoms with Crippen molar-refractivity contribution in [3.63, 3.8) is 0 Å². The third kappa shape index (κ3) is 3.94. The summed E-state index contributed by atoms with van der Waals surface area (Å²) in [4.78, 5) is 28.1. The highest BCUT2D eigenvalue weighted by Crippen LogP contribution is 2.23. The molecule has 0 unspecified atom stereocenters. The molecule has 0 bridgehead atoms. The minimum Gasteiger partial charge on any atom is -0.326 e. The van der Waals surface area contributed by atoms with Crippen molar-refractivity contribution in [1.29, 1.82) is 0 Å². The predicted molar refractivity (Wildman–Crippen MR) is 96.3 cm³/mol. The van der Waals surface area contributed by atoms with E-state index in [0.717, 1.165) is 16.3 Å². The average Bonchev–Trinajstić information content (AvgIpc) is 3.04. The van der Waals surface area contributed by atoms with Crippen molar-refractivity contribution in [1.82, 2.24) is 4.98 Å². The standard InChI is InChI=1S/C19H16N2O2S/c1-13(22)15-8-5-9-16(10-15)20-18(23)11-17-12-24-19(21-17)14-6-3-2-4-7-14/h2-10,12H,11H2,1H3,(H,20,23). The second-order valence-electron chi connectivity index (χ2n) is 5.37. The van der Waals surface area contributed by atoms with E-state index in [0.29, 0.717) is 11.3 Å². The molecule has 0 saturated heterocycles. The number of anilines is 1. The predicted octanol–water partition coefficient (Wildman–Crippen LogP) is 4.19. The Morgan fingerprint density at radius 3 is 2.62 bits per heavy atom. The van der Waals surface area contributed by atoms with Crippen LogP contribution in [0.5, 0.6) is 0 Å². The molecule has 0 atom stereocenters. The summed E-state index contributed by atoms with van der Waals surface area (Å²) < 4.78 is 0. The van der Waals surface area contributed by atoms with Crippen LogP contribution in [0, 0.1) is 0 Å². The molecule has 1 amide bonds. The number of aromatic nitrogens is 1. The molecule has 4 nitrogen and oxygen atoms in total. The van der Waals surface area contributed by atoms with Crippen LogP contribution in [0.25, 0.3) is 10.6 Å². The van der Waals surface area contributed by atoms with E-state index in [1.165, 1.54) is 18.3 Å². The van der Waals surface area contributed by atoms with E-state index in [1.54, 1.807) is 24.3 Å². The van der Waals surface area contributed by atoms with Gasteiger partial charge in [-0.15, -0.1) is 11.3 Å². The van der Waals surface area contributed by atoms with Gasteiger partial charge in [-0.2, -0.15) is 0 Å². The normalized spacial score (nSPS) is 10.4. The number of amides is 1. The van der Waals surface area contributed by atoms with Gasteiger partial charge in [-0.25, -0.2) is 4.98 Å². The highest BCUT2D eigenvalue weighted by atomic mass is 32.1. The van der Waals surface area contributed by atoms with Gasteiger partial charge in [-0.1, -0.05) is 42.5 Å². The first-order valence-corrected chi connectivity index (χ1v) is 8.40. The van der Waals surface area contributed by atoms with Gasteiger partial charge in [0.25, 0.3) is 0 Å². The van der Waals surface area contributed by atoms with Gasteiger partial charge in [0.15, 0.2) is 5.78 Å². The van der Waals surface area contributed by atoms with Crippen molar-refractivity contribution in [2.45, 2.75) is 13.3 Å². The molecule has 1 N–H and O–H groups in total. The largest absolute Gasteiger partial charge is 0.326 e. The van der Waals surface area contributed by atoms with E-state index < -0.39 is 0 Å². The number of carbonyl (C=O) groups is 2. The van der Waals surface area contributed by atoms with Crippen molar-refractivity contribution >= 4 is 28.7 Å². The van der Waals surface area contributed by atoms with Gasteiger partial charge in [0.2, 0.25) is 5.91 Å². The Bertz CT molecular complexity index is 872. The van der Waals surface area contributed by atoms with Crippen LogP contribution in [0.1, 0.15) is 23.0 Å². The third-order valence-electron chi connectivity index (χ3n) is 3.47. The lowest BCUT2D eigenvalue weighted by Crippen LogP contribution is -2.14. The van der Waals surface area contributed by atoms with Crippen molar-refractivity contribution in [3.05, 3.63) is 71.2 Å². The Balaban J connectivity index is 1.66. The fraction of sp³-hybridized carbons (Fsp3) is 0.105. The van der Waals surface area contributed by atoms with Gasteiger partial charge in [-0.05, 0) is 19.1 Å². The molecule has 0 aliphatic carbocycles. The van der Waals surface area contributed by atoms with E-state index in [9.17, 15) is 9.59 Å². The van der Waals surface area contributed by atoms with E-state index in [1.807, 2.05) is 35.7 Å². The summed E-state index contributed by atoms with van der Waals surface area (Å²) in [6, 6.07) is 16.8. The molecule has 5 heteroatoms. The Morgan fingerprint density at radius 2 is 1.88 bits per heavy atom. The number of hydrogen-bond acceptors (Lipinski definition) is 4. The molecular weight excluding hydrogens is 320 g/mol. The van der Waals surface area contributed by atoms with Crippen LogP contribution in [0.2, 0.25) is 0 Å². The highest BCUT2D eigenvalue weighted by Gasteiger charge is 2.10. The summed E-state index contributed by atoms with van der Waals surface area (Å²) in [7, 11) is 0. The van der Waals surface area contributed by atoms with Gasteiger partial charge in [0, 0.05) is 22.2 Å². The Kier molecular flexibility index (Phi) is 4.82. The second kappa shape index (κ2) is 7.19. The first kappa shape index (κ1) is 16.1. The van der Waals surface area contributed by atoms with Crippen LogP contribution in [0.3, 0.4) is 0 Å². The van der Waals surface area contributed by atoms with Crippen molar-refractivity contribution < 1.29 is 9.59 Å². The molecule has 0 spiro atoms. The first-order valence-electron chi connectivity index (χ1n) is 7.52. The lowest BCUT2D eigenvalue weighted by molar-refractivity contribution is -0.115. The number of ketones is 1. The topological polar surface area (TPSA) is 59.1 Å². The fourth-order valence-electron chi connectivity index (χ4n) is 2.29. The molecule has 1 heterocycles. The lowest BCUT2D eigenvalue weighted by Gasteiger charge is -2.05. The Hall–Kier alpha value is -2.79. The maximum atomic E-state index is 12.2. The molecule has 0 aliphatic heterocycles. The second-order valence-corrected chi connectivity index (χ2v) is 6.23. The number of Topliss-reactive ketones (excluding diaryl/α,β-unsaturated/α-hetero) is 1. The number of hydrogen-bond donors (Lipinski definition) is 1. The van der Waals surface area contributed by atoms with Crippen molar-refractivity contribution in [2.24, 2.45) is 0 Å². The lowest BCUT2D eigenvalue weighted by atomic mass is 10.1. The molecular formula is C19H16N2O2S. The molecule has 120 valence electrons. The molecule has 0 fully saturated rings. The maximum Gasteiger partial charge on any atom is 0.230 e. The third-order valence-corrected chi connectivity index (χ3v) is 4.41. The molecule has 0 saturated carbocycles. The van der Waals surface area contributed by atoms with E-state index >= 15 is 0 Å². The zero-order valence-corrected chi connectivity index (χ0v) is 14.0. The maximum absolute atomic E-state index is 12.2. The zero-order valence-electron chi connectivity index (χ0n) is 13.2. The van der Waals surface area contributed by atoms with E-state index in [2.05, 4.69) is 10.3 Å². The van der Waals surface area contributed by atoms with Crippen LogP contribution in [-0.4, -0.2) is 16.7 Å². The fourth-order valence-corrected chi connectivity index (χ4v) is 3.11. The van der Waals surface area contributed by atoms with Crippen molar-refractivity contribution in [2.75, 3.05) is 5.32 Å². The highest BCUT2D eigenvalue weighted by molar-refractivity contribution is 7.13. The SMILES string of the molecule is CC(=O)c1cccc(NC(=O)Cc2csc(-c3ccccc3)n2)c1. The summed E-state index contributed by atoms with van der Waals surface area (Å²) in [5.41, 5.74) is 2.97. The number of carbonyl (C=O) groups excluding carboxylic acids is 2. The molecule has 0 radical (unpaired) electrons. The monoisotopic (exact) mass is 336 g/mol. The van der Waals surface area contributed by atoms with Crippen LogP contribution in [0.4, 0.5) is 5.69 Å². The minimum absolute atomic E-state index is 0.0295. The molecule has 2 aromatic carbocycles. The summed E-state index contributed by atoms with van der Waals surface area (Å²) >= 11 is 1.52. The Labute approximate surface area is 144 Å². The van der Waals surface area contributed by atoms with Crippen LogP contribution >= 0.6 is 11.3 Å². The molecule has 0 aliphatic rings. The average molecular weight is 336 g/mol. The number of thiazole rings is 1. The van der Waals surface area contributed by atoms with E-state index in [4.69, 9.17) is 0 Å². The molecule has 3 aromatic rings. The first-order chi connectivity index (χ1) is 11.6. The van der Waals surface area contributed by atoms with Crippen molar-refractivity contribution in [3.8, 4) is 10.6 Å². The summed E-state index contributed by atoms with van der Waals surface area (Å²) in [6.07, 6.45) is 0.202. The van der Waals surface area contributed by atoms with Crippen LogP contribution in [-0.2, 0) is 11.2 Å². The zero-order chi connectivity index (χ0) is 16.9. The van der Waals surface area contributed by atoms with E-state index in [-0.39, 0.29) is 18.1 Å². The molecule has 24 heavy (non-hydrogen) atoms. The minimum atomic E-state index is -0.152. The summed E-state index contributed by atoms with van der Waals surface area (Å²) in [5, 5.41) is 5.60. The number of benzene rings is 2. The van der Waals surface area contributed by atoms with Gasteiger partial charge >= 0.3 is 0 Å². The molecule has 1 aromatic heterocycles. The quantitative estimate of drug-likeness (QED) is 0.711. The molecule has 3 rings (SSSR count). The number of nitrogens with zero attached hydrogens (tertiary/aromatic N) is 1. The smallest absolute Gasteiger partial charge is 0.230 e. The summed E-state index contributed by atoms with van der Waals surface area (Å²) in [5.74, 6) is -0.182. The number of nitrogens with one attached hydrogen (secondary N) is 1. The van der Waals surface area contributed by atoms with Gasteiger partial charge < -0.3 is 5.32 Å². The number of rotatable bonds is 5. The van der Waals surface area contributed by atoms with Gasteiger partial charge in [-0.3, -0.25) is 9.59 Å². The van der Waals surface area contributed by atoms with Gasteiger partial charge in [0.1, 0.15) is 5.01 Å². The van der Waals surface area contributed by atoms with Crippen LogP contribution in [0.15, 0.2) is 60.0 Å². The van der Waals surface area contributed by atoms with Crippen LogP contribution < -0.4 is 5.32 Å². The Morgan fingerprint density at radius 1 is 1.08 bits per heavy atom. The summed E-state index contributed by atoms with van der Waals surface area (Å²) in [6.45, 7) is 1.50.